The van der Waals surface area contributed by atoms with Gasteiger partial charge in [-0.2, -0.15) is 0 Å². The lowest BCUT2D eigenvalue weighted by Crippen LogP contribution is -2.18. The third kappa shape index (κ3) is 4.80. The molecule has 0 fully saturated rings. The molecule has 0 spiro atoms. The minimum Gasteiger partial charge on any atom is -0.330 e. The number of hydrogen-bond acceptors (Lipinski definition) is 1. The van der Waals surface area contributed by atoms with Crippen LogP contribution >= 0.6 is 15.9 Å². The Morgan fingerprint density at radius 1 is 1.33 bits per heavy atom. The molecule has 0 aliphatic heterocycles. The average Bonchev–Trinajstić information content (AvgIpc) is 2.16. The van der Waals surface area contributed by atoms with Crippen molar-refractivity contribution in [2.24, 2.45) is 17.6 Å². The number of benzene rings is 1. The van der Waals surface area contributed by atoms with Gasteiger partial charge in [-0.05, 0) is 48.9 Å². The summed E-state index contributed by atoms with van der Waals surface area (Å²) in [6.07, 6.45) is 2.30. The maximum absolute atomic E-state index is 5.80. The van der Waals surface area contributed by atoms with E-state index >= 15 is 0 Å². The van der Waals surface area contributed by atoms with E-state index in [2.05, 4.69) is 54.0 Å². The summed E-state index contributed by atoms with van der Waals surface area (Å²) < 4.78 is 1.15. The fourth-order valence-electron chi connectivity index (χ4n) is 1.93. The van der Waals surface area contributed by atoms with Gasteiger partial charge in [0.2, 0.25) is 0 Å². The molecule has 0 aromatic heterocycles. The van der Waals surface area contributed by atoms with Crippen molar-refractivity contribution in [2.45, 2.75) is 26.7 Å². The third-order valence-corrected chi connectivity index (χ3v) is 3.04. The fraction of sp³-hybridized carbons (Fsp3) is 0.538. The van der Waals surface area contributed by atoms with Crippen LogP contribution in [0.4, 0.5) is 0 Å². The van der Waals surface area contributed by atoms with Crippen molar-refractivity contribution in [1.82, 2.24) is 0 Å². The Morgan fingerprint density at radius 3 is 2.60 bits per heavy atom. The smallest absolute Gasteiger partial charge is 0.0177 e. The molecule has 1 nitrogen and oxygen atoms in total. The first kappa shape index (κ1) is 12.7. The zero-order chi connectivity index (χ0) is 11.3. The van der Waals surface area contributed by atoms with Gasteiger partial charge in [-0.3, -0.25) is 0 Å². The SMILES string of the molecule is CC(C)CC(CN)Cc1cccc(Br)c1. The third-order valence-electron chi connectivity index (χ3n) is 2.55. The first-order chi connectivity index (χ1) is 7.11. The molecular weight excluding hydrogens is 250 g/mol. The van der Waals surface area contributed by atoms with E-state index in [9.17, 15) is 0 Å². The van der Waals surface area contributed by atoms with Crippen LogP contribution in [-0.4, -0.2) is 6.54 Å². The molecule has 84 valence electrons. The Labute approximate surface area is 101 Å². The quantitative estimate of drug-likeness (QED) is 0.869. The normalized spacial score (nSPS) is 13.1. The molecule has 0 amide bonds. The van der Waals surface area contributed by atoms with Gasteiger partial charge in [0.25, 0.3) is 0 Å². The Balaban J connectivity index is 2.58. The highest BCUT2D eigenvalue weighted by Gasteiger charge is 2.09. The topological polar surface area (TPSA) is 26.0 Å². The van der Waals surface area contributed by atoms with Crippen LogP contribution in [0.5, 0.6) is 0 Å². The predicted octanol–water partition coefficient (Wildman–Crippen LogP) is 3.61. The molecule has 0 saturated carbocycles. The largest absolute Gasteiger partial charge is 0.330 e. The summed E-state index contributed by atoms with van der Waals surface area (Å²) in [7, 11) is 0. The maximum Gasteiger partial charge on any atom is 0.0177 e. The van der Waals surface area contributed by atoms with Crippen molar-refractivity contribution >= 4 is 15.9 Å². The van der Waals surface area contributed by atoms with Crippen molar-refractivity contribution in [1.29, 1.82) is 0 Å². The molecule has 1 unspecified atom stereocenters. The van der Waals surface area contributed by atoms with E-state index in [0.29, 0.717) is 5.92 Å². The summed E-state index contributed by atoms with van der Waals surface area (Å²) in [5.41, 5.74) is 7.17. The summed E-state index contributed by atoms with van der Waals surface area (Å²) in [6, 6.07) is 8.50. The molecule has 2 N–H and O–H groups in total. The molecule has 2 heteroatoms. The lowest BCUT2D eigenvalue weighted by atomic mass is 9.91. The molecule has 15 heavy (non-hydrogen) atoms. The first-order valence-corrected chi connectivity index (χ1v) is 6.35. The molecule has 0 saturated heterocycles. The molecule has 0 aliphatic rings. The number of halogens is 1. The van der Waals surface area contributed by atoms with Gasteiger partial charge in [0, 0.05) is 4.47 Å². The van der Waals surface area contributed by atoms with Crippen LogP contribution in [0.1, 0.15) is 25.8 Å². The molecular formula is C13H20BrN. The summed E-state index contributed by atoms with van der Waals surface area (Å²) in [5, 5.41) is 0. The lowest BCUT2D eigenvalue weighted by Gasteiger charge is -2.17. The molecule has 0 bridgehead atoms. The fourth-order valence-corrected chi connectivity index (χ4v) is 2.37. The van der Waals surface area contributed by atoms with Crippen molar-refractivity contribution in [3.05, 3.63) is 34.3 Å². The van der Waals surface area contributed by atoms with Crippen molar-refractivity contribution < 1.29 is 0 Å². The van der Waals surface area contributed by atoms with Crippen LogP contribution in [-0.2, 0) is 6.42 Å². The molecule has 1 rings (SSSR count). The molecule has 0 heterocycles. The van der Waals surface area contributed by atoms with Crippen molar-refractivity contribution in [2.75, 3.05) is 6.54 Å². The second-order valence-corrected chi connectivity index (χ2v) is 5.48. The second kappa shape index (κ2) is 6.29. The number of hydrogen-bond donors (Lipinski definition) is 1. The Bertz CT molecular complexity index is 296. The number of rotatable bonds is 5. The van der Waals surface area contributed by atoms with Gasteiger partial charge in [0.05, 0.1) is 0 Å². The summed E-state index contributed by atoms with van der Waals surface area (Å²) in [6.45, 7) is 5.29. The van der Waals surface area contributed by atoms with Crippen LogP contribution < -0.4 is 5.73 Å². The minimum atomic E-state index is 0.610. The van der Waals surface area contributed by atoms with E-state index in [-0.39, 0.29) is 0 Å². The Hall–Kier alpha value is -0.340. The minimum absolute atomic E-state index is 0.610. The predicted molar refractivity (Wildman–Crippen MR) is 69.8 cm³/mol. The van der Waals surface area contributed by atoms with E-state index < -0.39 is 0 Å². The highest BCUT2D eigenvalue weighted by atomic mass is 79.9. The second-order valence-electron chi connectivity index (χ2n) is 4.57. The number of nitrogens with two attached hydrogens (primary N) is 1. The molecule has 0 aliphatic carbocycles. The highest BCUT2D eigenvalue weighted by Crippen LogP contribution is 2.19. The van der Waals surface area contributed by atoms with Crippen LogP contribution in [0, 0.1) is 11.8 Å². The zero-order valence-corrected chi connectivity index (χ0v) is 11.1. The van der Waals surface area contributed by atoms with Gasteiger partial charge in [0.1, 0.15) is 0 Å². The van der Waals surface area contributed by atoms with E-state index in [1.807, 2.05) is 0 Å². The van der Waals surface area contributed by atoms with E-state index in [1.165, 1.54) is 12.0 Å². The summed E-state index contributed by atoms with van der Waals surface area (Å²) in [5.74, 6) is 1.34. The summed E-state index contributed by atoms with van der Waals surface area (Å²) >= 11 is 3.49. The maximum atomic E-state index is 5.80. The van der Waals surface area contributed by atoms with Gasteiger partial charge in [-0.25, -0.2) is 0 Å². The van der Waals surface area contributed by atoms with Gasteiger partial charge in [-0.1, -0.05) is 41.9 Å². The average molecular weight is 270 g/mol. The highest BCUT2D eigenvalue weighted by molar-refractivity contribution is 9.10. The molecule has 1 atom stereocenters. The van der Waals surface area contributed by atoms with Gasteiger partial charge < -0.3 is 5.73 Å². The van der Waals surface area contributed by atoms with E-state index in [1.54, 1.807) is 0 Å². The monoisotopic (exact) mass is 269 g/mol. The van der Waals surface area contributed by atoms with E-state index in [4.69, 9.17) is 5.73 Å². The van der Waals surface area contributed by atoms with Gasteiger partial charge >= 0.3 is 0 Å². The Morgan fingerprint density at radius 2 is 2.07 bits per heavy atom. The van der Waals surface area contributed by atoms with Crippen LogP contribution in [0.25, 0.3) is 0 Å². The Kier molecular flexibility index (Phi) is 5.34. The standard InChI is InChI=1S/C13H20BrN/c1-10(2)6-12(9-15)7-11-4-3-5-13(14)8-11/h3-5,8,10,12H,6-7,9,15H2,1-2H3. The zero-order valence-electron chi connectivity index (χ0n) is 9.54. The van der Waals surface area contributed by atoms with Crippen molar-refractivity contribution in [3.8, 4) is 0 Å². The van der Waals surface area contributed by atoms with Crippen LogP contribution in [0.2, 0.25) is 0 Å². The first-order valence-electron chi connectivity index (χ1n) is 5.56. The molecule has 1 aromatic rings. The van der Waals surface area contributed by atoms with Crippen molar-refractivity contribution in [3.63, 3.8) is 0 Å². The van der Waals surface area contributed by atoms with Gasteiger partial charge in [-0.15, -0.1) is 0 Å². The summed E-state index contributed by atoms with van der Waals surface area (Å²) in [4.78, 5) is 0. The molecule has 0 radical (unpaired) electrons. The van der Waals surface area contributed by atoms with E-state index in [0.717, 1.165) is 23.4 Å². The molecule has 1 aromatic carbocycles. The van der Waals surface area contributed by atoms with Gasteiger partial charge in [0.15, 0.2) is 0 Å². The van der Waals surface area contributed by atoms with Crippen LogP contribution in [0.3, 0.4) is 0 Å². The van der Waals surface area contributed by atoms with Crippen LogP contribution in [0.15, 0.2) is 28.7 Å². The lowest BCUT2D eigenvalue weighted by molar-refractivity contribution is 0.415.